The zero-order valence-corrected chi connectivity index (χ0v) is 17.4. The molecule has 3 heteroatoms. The van der Waals surface area contributed by atoms with Crippen LogP contribution in [0.25, 0.3) is 11.1 Å². The number of hydrogen-bond acceptors (Lipinski definition) is 0. The van der Waals surface area contributed by atoms with Crippen LogP contribution in [-0.4, -0.2) is 8.07 Å². The van der Waals surface area contributed by atoms with Gasteiger partial charge in [0, 0.05) is 0 Å². The molecular weight excluding hydrogens is 306 g/mol. The summed E-state index contributed by atoms with van der Waals surface area (Å²) >= 11 is 0. The minimum Gasteiger partial charge on any atom is -0.297 e. The molecule has 25 heavy (non-hydrogen) atoms. The molecule has 2 aromatic carbocycles. The van der Waals surface area contributed by atoms with Gasteiger partial charge in [0.1, 0.15) is 0 Å². The first-order chi connectivity index (χ1) is 11.0. The van der Waals surface area contributed by atoms with Gasteiger partial charge in [0.05, 0.1) is 0 Å². The van der Waals surface area contributed by atoms with Gasteiger partial charge in [0.15, 0.2) is 0 Å². The van der Waals surface area contributed by atoms with Gasteiger partial charge < -0.3 is 0 Å². The van der Waals surface area contributed by atoms with E-state index in [-0.39, 0.29) is 37.7 Å². The summed E-state index contributed by atoms with van der Waals surface area (Å²) in [6.07, 6.45) is 0. The standard InChI is InChI=1S/C22H24Si.2Li/c1-17(2)23(18(3)4)15-21(19-11-7-5-8-12-19)22(16-23)20-13-9-6-10-14-20;;/h5-14,17-18H,1-4H3;;/q-2;2*+1. The SMILES string of the molecule is CC(C)[Si]1(C(C)C)[C-]=C(c2ccccc2)C(c2ccccc2)=[C-]1.[Li+].[Li+]. The second-order valence-corrected chi connectivity index (χ2v) is 11.5. The van der Waals surface area contributed by atoms with Gasteiger partial charge in [-0.1, -0.05) is 75.2 Å². The minimum atomic E-state index is -1.85. The van der Waals surface area contributed by atoms with Gasteiger partial charge in [-0.15, -0.1) is 24.3 Å². The molecule has 0 radical (unpaired) electrons. The summed E-state index contributed by atoms with van der Waals surface area (Å²) in [5.74, 6) is 0. The summed E-state index contributed by atoms with van der Waals surface area (Å²) in [5, 5.41) is 0. The number of benzene rings is 2. The maximum absolute atomic E-state index is 3.98. The first-order valence-corrected chi connectivity index (χ1v) is 10.6. The predicted octanol–water partition coefficient (Wildman–Crippen LogP) is 0.129. The molecule has 0 bridgehead atoms. The van der Waals surface area contributed by atoms with Gasteiger partial charge in [-0.2, -0.15) is 11.1 Å². The summed E-state index contributed by atoms with van der Waals surface area (Å²) in [6.45, 7) is 9.34. The van der Waals surface area contributed by atoms with Crippen molar-refractivity contribution in [1.82, 2.24) is 0 Å². The molecule has 0 atom stereocenters. The van der Waals surface area contributed by atoms with E-state index in [1.807, 2.05) is 0 Å². The van der Waals surface area contributed by atoms with Crippen LogP contribution in [0.1, 0.15) is 38.8 Å². The van der Waals surface area contributed by atoms with Crippen molar-refractivity contribution >= 4 is 19.2 Å². The molecule has 0 fully saturated rings. The van der Waals surface area contributed by atoms with Crippen molar-refractivity contribution in [3.8, 4) is 0 Å². The Morgan fingerprint density at radius 2 is 0.920 bits per heavy atom. The van der Waals surface area contributed by atoms with Gasteiger partial charge in [0.2, 0.25) is 0 Å². The summed E-state index contributed by atoms with van der Waals surface area (Å²) in [5.41, 5.74) is 14.2. The second-order valence-electron chi connectivity index (χ2n) is 6.91. The number of hydrogen-bond donors (Lipinski definition) is 0. The fourth-order valence-electron chi connectivity index (χ4n) is 3.46. The van der Waals surface area contributed by atoms with E-state index >= 15 is 0 Å². The molecule has 0 N–H and O–H groups in total. The Bertz CT molecular complexity index is 666. The van der Waals surface area contributed by atoms with Gasteiger partial charge in [-0.3, -0.25) is 22.5 Å². The molecule has 0 saturated carbocycles. The Balaban J connectivity index is 0.00000156. The van der Waals surface area contributed by atoms with Gasteiger partial charge >= 0.3 is 37.7 Å². The largest absolute Gasteiger partial charge is 1.00 e. The van der Waals surface area contributed by atoms with E-state index in [2.05, 4.69) is 99.8 Å². The van der Waals surface area contributed by atoms with Crippen LogP contribution in [0, 0.1) is 11.4 Å². The molecule has 1 aliphatic rings. The van der Waals surface area contributed by atoms with Crippen molar-refractivity contribution in [1.29, 1.82) is 0 Å². The maximum atomic E-state index is 3.98. The number of allylic oxidation sites excluding steroid dienone is 2. The third kappa shape index (κ3) is 4.36. The van der Waals surface area contributed by atoms with Crippen LogP contribution in [0.2, 0.25) is 11.1 Å². The monoisotopic (exact) mass is 330 g/mol. The average molecular weight is 330 g/mol. The fraction of sp³-hybridized carbons (Fsp3) is 0.273. The molecule has 0 unspecified atom stereocenters. The van der Waals surface area contributed by atoms with Crippen molar-refractivity contribution in [2.75, 3.05) is 0 Å². The molecule has 0 amide bonds. The van der Waals surface area contributed by atoms with Crippen LogP contribution in [0.5, 0.6) is 0 Å². The molecule has 0 aliphatic carbocycles. The summed E-state index contributed by atoms with van der Waals surface area (Å²) in [6, 6.07) is 21.4. The van der Waals surface area contributed by atoms with Crippen molar-refractivity contribution in [3.05, 3.63) is 83.2 Å². The van der Waals surface area contributed by atoms with Gasteiger partial charge in [-0.05, 0) is 8.07 Å². The smallest absolute Gasteiger partial charge is 0.297 e. The third-order valence-corrected chi connectivity index (χ3v) is 9.83. The van der Waals surface area contributed by atoms with E-state index in [1.54, 1.807) is 0 Å². The normalized spacial score (nSPS) is 15.3. The van der Waals surface area contributed by atoms with E-state index in [4.69, 9.17) is 0 Å². The first kappa shape index (κ1) is 22.4. The molecule has 118 valence electrons. The van der Waals surface area contributed by atoms with E-state index in [9.17, 15) is 0 Å². The van der Waals surface area contributed by atoms with E-state index < -0.39 is 8.07 Å². The molecule has 0 nitrogen and oxygen atoms in total. The second kappa shape index (κ2) is 9.32. The summed E-state index contributed by atoms with van der Waals surface area (Å²) < 4.78 is 0. The zero-order chi connectivity index (χ0) is 16.4. The van der Waals surface area contributed by atoms with Crippen molar-refractivity contribution < 1.29 is 37.7 Å². The van der Waals surface area contributed by atoms with Gasteiger partial charge in [0.25, 0.3) is 0 Å². The van der Waals surface area contributed by atoms with E-state index in [0.29, 0.717) is 11.1 Å². The quantitative estimate of drug-likeness (QED) is 0.552. The Kier molecular flexibility index (Phi) is 8.34. The summed E-state index contributed by atoms with van der Waals surface area (Å²) in [4.78, 5) is 0. The summed E-state index contributed by atoms with van der Waals surface area (Å²) in [7, 11) is -1.85. The molecule has 0 spiro atoms. The molecule has 3 rings (SSSR count). The van der Waals surface area contributed by atoms with Crippen LogP contribution >= 0.6 is 0 Å². The number of rotatable bonds is 4. The Hall–Kier alpha value is -0.668. The molecule has 2 aromatic rings. The van der Waals surface area contributed by atoms with Crippen LogP contribution < -0.4 is 37.7 Å². The maximum Gasteiger partial charge on any atom is 1.00 e. The predicted molar refractivity (Wildman–Crippen MR) is 102 cm³/mol. The topological polar surface area (TPSA) is 0 Å². The zero-order valence-electron chi connectivity index (χ0n) is 16.4. The first-order valence-electron chi connectivity index (χ1n) is 8.46. The Morgan fingerprint density at radius 3 is 1.20 bits per heavy atom. The van der Waals surface area contributed by atoms with Crippen molar-refractivity contribution in [2.45, 2.75) is 38.8 Å². The van der Waals surface area contributed by atoms with Crippen molar-refractivity contribution in [2.24, 2.45) is 0 Å². The fourth-order valence-corrected chi connectivity index (χ4v) is 7.37. The van der Waals surface area contributed by atoms with Gasteiger partial charge in [-0.25, -0.2) is 0 Å². The van der Waals surface area contributed by atoms with Crippen LogP contribution in [0.4, 0.5) is 0 Å². The van der Waals surface area contributed by atoms with E-state index in [0.717, 1.165) is 0 Å². The molecule has 1 aliphatic heterocycles. The Morgan fingerprint density at radius 1 is 0.600 bits per heavy atom. The van der Waals surface area contributed by atoms with Crippen molar-refractivity contribution in [3.63, 3.8) is 0 Å². The molecule has 1 heterocycles. The van der Waals surface area contributed by atoms with Crippen LogP contribution in [0.3, 0.4) is 0 Å². The minimum absolute atomic E-state index is 0. The molecule has 0 aromatic heterocycles. The van der Waals surface area contributed by atoms with Crippen LogP contribution in [0.15, 0.2) is 60.7 Å². The van der Waals surface area contributed by atoms with Crippen LogP contribution in [-0.2, 0) is 0 Å². The third-order valence-electron chi connectivity index (χ3n) is 4.86. The average Bonchev–Trinajstić information content (AvgIpc) is 2.99. The molecular formula is C22H24Li2Si. The molecule has 0 saturated heterocycles. The van der Waals surface area contributed by atoms with E-state index in [1.165, 1.54) is 22.3 Å². The Labute approximate surface area is 178 Å².